The summed E-state index contributed by atoms with van der Waals surface area (Å²) in [6.45, 7) is 13.7. The molecule has 0 heterocycles. The Balaban J connectivity index is -0.000000161. The molecule has 605 valence electrons. The van der Waals surface area contributed by atoms with Gasteiger partial charge in [0.1, 0.15) is 12.3 Å². The Kier molecular flexibility index (Phi) is 91.5. The Morgan fingerprint density at radius 3 is 1.06 bits per heavy atom. The summed E-state index contributed by atoms with van der Waals surface area (Å²) in [7, 11) is 0. The van der Waals surface area contributed by atoms with Crippen LogP contribution in [0.5, 0.6) is 0 Å². The van der Waals surface area contributed by atoms with E-state index in [4.69, 9.17) is 21.4 Å². The molecule has 0 spiro atoms. The van der Waals surface area contributed by atoms with Gasteiger partial charge in [-0.2, -0.15) is 0 Å². The number of thioether (sulfide) groups is 1. The molecule has 0 radical (unpaired) electrons. The predicted octanol–water partition coefficient (Wildman–Crippen LogP) is 2.58. The molecular weight excluding hydrogens is 1780 g/mol. The Hall–Kier alpha value is -7.74. The third kappa shape index (κ3) is 87.2. The van der Waals surface area contributed by atoms with Crippen molar-refractivity contribution in [1.29, 1.82) is 0 Å². The van der Waals surface area contributed by atoms with Crippen LogP contribution < -0.4 is 32.1 Å². The number of aliphatic carboxylic acids is 2. The zero-order valence-electron chi connectivity index (χ0n) is 60.2. The van der Waals surface area contributed by atoms with Gasteiger partial charge < -0.3 is 176 Å². The van der Waals surface area contributed by atoms with Gasteiger partial charge in [-0.05, 0) is 26.4 Å². The minimum atomic E-state index is -1.72. The van der Waals surface area contributed by atoms with Crippen LogP contribution in [-0.2, 0) is 188 Å². The Labute approximate surface area is 675 Å². The molecule has 36 nitrogen and oxygen atoms in total. The summed E-state index contributed by atoms with van der Waals surface area (Å²) in [5.74, 6) is -20.3. The van der Waals surface area contributed by atoms with Crippen molar-refractivity contribution in [2.75, 3.05) is 102 Å². The van der Waals surface area contributed by atoms with Crippen molar-refractivity contribution < 1.29 is 176 Å². The van der Waals surface area contributed by atoms with Gasteiger partial charge in [-0.1, -0.05) is 169 Å². The van der Waals surface area contributed by atoms with Crippen molar-refractivity contribution in [3.05, 3.63) is 119 Å². The first kappa shape index (κ1) is 119. The number of nitrogens with zero attached hydrogens (tertiary/aromatic N) is 9. The molecule has 0 aromatic heterocycles. The molecule has 2 aromatic rings. The normalized spacial score (nSPS) is 9.09. The molecule has 0 fully saturated rings. The number of carbonyl (C=O) groups excluding carboxylic acids is 16. The van der Waals surface area contributed by atoms with E-state index in [2.05, 4.69) is 149 Å². The Morgan fingerprint density at radius 2 is 0.750 bits per heavy atom. The zero-order chi connectivity index (χ0) is 85.7. The monoisotopic (exact) mass is 1860 g/mol. The second kappa shape index (κ2) is 83.3. The molecule has 7 N–H and O–H groups in total. The molecule has 2 rings (SSSR count). The first-order valence-corrected chi connectivity index (χ1v) is 35.7. The summed E-state index contributed by atoms with van der Waals surface area (Å²) >= 11 is 16.7. The van der Waals surface area contributed by atoms with Crippen LogP contribution in [0.15, 0.2) is 36.4 Å². The maximum atomic E-state index is 13.4. The minimum absolute atomic E-state index is 0.000389. The third-order valence-electron chi connectivity index (χ3n) is 8.63. The summed E-state index contributed by atoms with van der Waals surface area (Å²) in [6, 6.07) is 8.76. The number of carbonyl (C=O) groups is 17. The van der Waals surface area contributed by atoms with Gasteiger partial charge in [-0.3, -0.25) is 28.8 Å². The number of nitrogens with two attached hydrogens (primary N) is 1. The standard InChI is InChI=1S/C15H15F4N3O4S.C15H17N3O6S.C11H20N4O4S.C8H13N3O5S.C3H9N.3C3H8.3O.3Tc/c16-9-2-10(17)15(19)8(14(9)18)1-7(23)3-20-11(24)4-21-12(25)5-22-13(26)6-27;19-11(16-6-12(20)18-8-14(22)23)7-17-13(21)9-25-15(24)10-4-2-1-3-5-10;1-7(2)15-10(18)5-13-8(16)3-12-9(17)4-14-11(19)6-20;12-5(2-10-7(14)4-17)9-1-6(13)11-3-8(15)16;1-3(2)4;3*1-3-2;;;;;;/h2H,1,3-6H2,(H4,20,21,22,24,25,26,27);1-5H,6-9H2,(H,16,19)(H,17,21)(H,18,20)(H,22,23);7H,3-6H2,1-2H3,(H5,12,13,14,15,16,17,18,19,20);1-4H2,(H5,9,10,11,12,13,14,15,16,17);3H,4H2,1-2H3;3*3H2,1-2H3;;;;;;/q;;;;;;;;;;;3*+4/p-13. The van der Waals surface area contributed by atoms with Gasteiger partial charge in [0.15, 0.2) is 23.3 Å². The zero-order valence-corrected chi connectivity index (χ0v) is 69.0. The van der Waals surface area contributed by atoms with Gasteiger partial charge in [0.2, 0.25) is 28.7 Å². The van der Waals surface area contributed by atoms with E-state index in [9.17, 15) is 104 Å². The molecule has 0 atom stereocenters. The van der Waals surface area contributed by atoms with Crippen molar-refractivity contribution in [1.82, 2.24) is 21.3 Å². The van der Waals surface area contributed by atoms with Crippen LogP contribution in [0.4, 0.5) is 17.6 Å². The summed E-state index contributed by atoms with van der Waals surface area (Å²) in [4.78, 5) is 188. The average Bonchev–Trinajstić information content (AvgIpc) is 0.820. The quantitative estimate of drug-likeness (QED) is 0.0340. The number of hydrogen-bond donors (Lipinski definition) is 6. The number of carboxylic acid groups (broad SMARTS) is 2. The van der Waals surface area contributed by atoms with Gasteiger partial charge in [-0.25, -0.2) is 17.6 Å². The number of ketones is 1. The summed E-state index contributed by atoms with van der Waals surface area (Å²) < 4.78 is 77.6. The number of halogens is 4. The van der Waals surface area contributed by atoms with E-state index in [0.717, 1.165) is 68.3 Å². The topological polar surface area (TPSA) is 586 Å². The van der Waals surface area contributed by atoms with Gasteiger partial charge in [-0.15, -0.1) is 17.3 Å². The van der Waals surface area contributed by atoms with Crippen LogP contribution in [0, 0.1) is 23.3 Å². The molecule has 0 bridgehead atoms. The van der Waals surface area contributed by atoms with Gasteiger partial charge in [0.05, 0.1) is 18.8 Å². The third-order valence-corrected chi connectivity index (χ3v) is 10.3. The van der Waals surface area contributed by atoms with Crippen molar-refractivity contribution >= 4 is 149 Å². The van der Waals surface area contributed by atoms with Crippen LogP contribution in [-0.4, -0.2) is 218 Å². The molecule has 0 saturated heterocycles. The second-order valence-corrected chi connectivity index (χ2v) is 21.4. The van der Waals surface area contributed by atoms with Crippen molar-refractivity contribution in [3.8, 4) is 0 Å². The molecule has 0 saturated carbocycles. The molecule has 0 unspecified atom stereocenters. The van der Waals surface area contributed by atoms with Crippen LogP contribution in [0.25, 0.3) is 47.9 Å². The molecule has 47 heteroatoms. The number of carboxylic acids is 2. The average molecular weight is 1860 g/mol. The second-order valence-electron chi connectivity index (χ2n) is 19.6. The molecule has 13 amide bonds. The van der Waals surface area contributed by atoms with Crippen LogP contribution >= 0.6 is 11.8 Å². The fourth-order valence-corrected chi connectivity index (χ4v) is 5.70. The van der Waals surface area contributed by atoms with E-state index in [1.165, 1.54) is 19.3 Å². The van der Waals surface area contributed by atoms with Crippen LogP contribution in [0.3, 0.4) is 0 Å². The summed E-state index contributed by atoms with van der Waals surface area (Å²) in [6.07, 6.45) is 2.72. The Morgan fingerprint density at radius 1 is 0.463 bits per heavy atom. The Bertz CT molecular complexity index is 2990. The fraction of sp³-hybridized carbons (Fsp3) is 0.525. The van der Waals surface area contributed by atoms with Gasteiger partial charge >= 0.3 is 73.0 Å². The number of nitrogens with one attached hydrogen (secondary N) is 4. The number of hydrogen-bond acceptors (Lipinski definition) is 26. The molecule has 2 aromatic carbocycles. The van der Waals surface area contributed by atoms with Gasteiger partial charge in [0.25, 0.3) is 0 Å². The molecule has 0 aliphatic carbocycles. The van der Waals surface area contributed by atoms with E-state index in [1.54, 1.807) is 44.2 Å². The SMILES string of the molecule is CC(C)N.CC(C)NC(=O)C[N-]C(=O)C[N-]C(=O)C[N-]C(=O)C[S-].CCC.CCC.CCC.O=C(C[N-]C(=O)C[N-]C(=O)C[N-]C(=O)C[S-])Cc1c(F)c(F)cc(F)c1F.O=C(O)CNC(=O)CNC(=O)CNC(=O)CSC(=O)c1ccccc1.O=C([O-])C[N-]C(=O)C[N-]C(=O)C[N-]C(=O)C[S-].[O]=[Tc+4].[O]=[Tc+4].[O]=[Tc+4]. The first-order valence-electron chi connectivity index (χ1n) is 30.7. The predicted molar refractivity (Wildman–Crippen MR) is 378 cm³/mol. The molecule has 0 aliphatic heterocycles. The van der Waals surface area contributed by atoms with Crippen LogP contribution in [0.2, 0.25) is 0 Å². The van der Waals surface area contributed by atoms with E-state index in [1.807, 2.05) is 13.8 Å². The summed E-state index contributed by atoms with van der Waals surface area (Å²) in [5.41, 5.74) is 4.47. The van der Waals surface area contributed by atoms with Crippen molar-refractivity contribution in [2.45, 2.75) is 107 Å². The fourth-order valence-electron chi connectivity index (χ4n) is 4.76. The maximum absolute atomic E-state index is 13.4. The number of Topliss-reactive ketones (excluding diaryl/α,β-unsaturated/α-hetero) is 1. The van der Waals surface area contributed by atoms with Crippen LogP contribution in [0.1, 0.15) is 104 Å². The molecular formula is C61H85F4N14O22S4Tc3-. The number of rotatable bonds is 33. The van der Waals surface area contributed by atoms with Crippen molar-refractivity contribution in [2.24, 2.45) is 5.73 Å². The number of amides is 13. The summed E-state index contributed by atoms with van der Waals surface area (Å²) in [5, 5.41) is 56.6. The molecule has 0 aliphatic rings. The van der Waals surface area contributed by atoms with E-state index in [0.29, 0.717) is 11.6 Å². The number of benzene rings is 2. The van der Waals surface area contributed by atoms with E-state index >= 15 is 0 Å². The van der Waals surface area contributed by atoms with E-state index in [-0.39, 0.29) is 59.2 Å². The van der Waals surface area contributed by atoms with Gasteiger partial charge in [0, 0.05) is 88.8 Å². The first-order chi connectivity index (χ1) is 50.8. The van der Waals surface area contributed by atoms with E-state index < -0.39 is 189 Å². The van der Waals surface area contributed by atoms with Crippen molar-refractivity contribution in [3.63, 3.8) is 0 Å². The molecule has 108 heavy (non-hydrogen) atoms.